The predicted molar refractivity (Wildman–Crippen MR) is 92.3 cm³/mol. The summed E-state index contributed by atoms with van der Waals surface area (Å²) in [4.78, 5) is 12.2. The molecule has 1 aromatic carbocycles. The summed E-state index contributed by atoms with van der Waals surface area (Å²) in [6.07, 6.45) is 0.0215. The molecule has 0 radical (unpaired) electrons. The summed E-state index contributed by atoms with van der Waals surface area (Å²) >= 11 is 2.25. The van der Waals surface area contributed by atoms with E-state index in [9.17, 15) is 9.36 Å². The Morgan fingerprint density at radius 2 is 1.86 bits per heavy atom. The molecule has 3 atom stereocenters. The first-order valence-corrected chi connectivity index (χ1v) is 10.2. The van der Waals surface area contributed by atoms with E-state index in [0.29, 0.717) is 6.42 Å². The van der Waals surface area contributed by atoms with E-state index in [0.717, 1.165) is 5.56 Å². The van der Waals surface area contributed by atoms with E-state index in [1.807, 2.05) is 30.3 Å². The lowest BCUT2D eigenvalue weighted by molar-refractivity contribution is -0.141. The normalized spacial score (nSPS) is 23.3. The third kappa shape index (κ3) is 3.91. The van der Waals surface area contributed by atoms with Gasteiger partial charge in [0.2, 0.25) is 0 Å². The summed E-state index contributed by atoms with van der Waals surface area (Å²) < 4.78 is 28.8. The van der Waals surface area contributed by atoms with Crippen LogP contribution in [0.3, 0.4) is 0 Å². The number of carbonyl (C=O) groups excluding carboxylic acids is 1. The summed E-state index contributed by atoms with van der Waals surface area (Å²) in [6.45, 7) is 3.93. The van der Waals surface area contributed by atoms with E-state index < -0.39 is 19.2 Å². The average molecular weight is 438 g/mol. The monoisotopic (exact) mass is 438 g/mol. The highest BCUT2D eigenvalue weighted by Crippen LogP contribution is 2.58. The number of hydrogen-bond acceptors (Lipinski definition) is 5. The molecule has 0 aliphatic carbocycles. The largest absolute Gasteiger partial charge is 0.460 e. The highest BCUT2D eigenvalue weighted by atomic mass is 127. The molecule has 0 spiro atoms. The molecular formula is C15H20IO5P. The van der Waals surface area contributed by atoms with E-state index in [-0.39, 0.29) is 23.2 Å². The van der Waals surface area contributed by atoms with Crippen molar-refractivity contribution in [1.82, 2.24) is 0 Å². The van der Waals surface area contributed by atoms with Gasteiger partial charge in [0.25, 0.3) is 0 Å². The fourth-order valence-corrected chi connectivity index (χ4v) is 5.25. The Hall–Kier alpha value is -0.430. The van der Waals surface area contributed by atoms with Gasteiger partial charge in [-0.05, 0) is 19.4 Å². The van der Waals surface area contributed by atoms with Crippen molar-refractivity contribution in [3.63, 3.8) is 0 Å². The Bertz CT molecular complexity index is 540. The molecule has 1 aliphatic heterocycles. The molecule has 0 amide bonds. The molecule has 5 nitrogen and oxygen atoms in total. The van der Waals surface area contributed by atoms with Crippen LogP contribution in [0, 0.1) is 0 Å². The summed E-state index contributed by atoms with van der Waals surface area (Å²) in [7, 11) is -3.47. The number of alkyl halides is 1. The van der Waals surface area contributed by atoms with Gasteiger partial charge in [-0.3, -0.25) is 9.36 Å². The number of ether oxygens (including phenoxy) is 1. The Balaban J connectivity index is 2.14. The van der Waals surface area contributed by atoms with Gasteiger partial charge in [0, 0.05) is 6.42 Å². The molecule has 2 rings (SSSR count). The fraction of sp³-hybridized carbons (Fsp3) is 0.533. The van der Waals surface area contributed by atoms with E-state index in [4.69, 9.17) is 13.8 Å². The Labute approximate surface area is 144 Å². The second kappa shape index (κ2) is 7.90. The second-order valence-electron chi connectivity index (χ2n) is 4.91. The van der Waals surface area contributed by atoms with Crippen LogP contribution in [0.5, 0.6) is 0 Å². The number of hydrogen-bond donors (Lipinski definition) is 0. The topological polar surface area (TPSA) is 61.8 Å². The van der Waals surface area contributed by atoms with Crippen LogP contribution in [-0.2, 0) is 23.1 Å². The smallest absolute Gasteiger partial charge is 0.345 e. The molecule has 22 heavy (non-hydrogen) atoms. The van der Waals surface area contributed by atoms with Crippen LogP contribution >= 0.6 is 30.2 Å². The molecule has 0 aromatic heterocycles. The zero-order chi connectivity index (χ0) is 16.2. The molecular weight excluding hydrogens is 418 g/mol. The number of halogens is 1. The Kier molecular flexibility index (Phi) is 6.44. The maximum absolute atomic E-state index is 12.8. The van der Waals surface area contributed by atoms with Crippen molar-refractivity contribution in [1.29, 1.82) is 0 Å². The molecule has 7 heteroatoms. The van der Waals surface area contributed by atoms with E-state index in [1.165, 1.54) is 0 Å². The molecule has 1 unspecified atom stereocenters. The number of benzene rings is 1. The van der Waals surface area contributed by atoms with Gasteiger partial charge in [-0.25, -0.2) is 0 Å². The Morgan fingerprint density at radius 3 is 2.41 bits per heavy atom. The van der Waals surface area contributed by atoms with Gasteiger partial charge in [0.15, 0.2) is 5.66 Å². The number of cyclic esters (lactones) is 1. The zero-order valence-electron chi connectivity index (χ0n) is 12.6. The third-order valence-corrected chi connectivity index (χ3v) is 7.38. The van der Waals surface area contributed by atoms with Crippen molar-refractivity contribution in [2.75, 3.05) is 13.2 Å². The summed E-state index contributed by atoms with van der Waals surface area (Å²) in [5.41, 5.74) is 0.239. The van der Waals surface area contributed by atoms with Crippen LogP contribution in [0.25, 0.3) is 0 Å². The van der Waals surface area contributed by atoms with Crippen LogP contribution in [0.2, 0.25) is 0 Å². The number of rotatable bonds is 7. The molecule has 1 saturated heterocycles. The van der Waals surface area contributed by atoms with Gasteiger partial charge in [-0.1, -0.05) is 52.9 Å². The lowest BCUT2D eigenvalue weighted by atomic mass is 10.1. The summed E-state index contributed by atoms with van der Waals surface area (Å²) in [6, 6.07) is 9.81. The fourth-order valence-electron chi connectivity index (χ4n) is 2.46. The van der Waals surface area contributed by atoms with Crippen molar-refractivity contribution in [3.8, 4) is 0 Å². The average Bonchev–Trinajstić information content (AvgIpc) is 2.90. The van der Waals surface area contributed by atoms with Gasteiger partial charge < -0.3 is 13.8 Å². The molecule has 122 valence electrons. The highest BCUT2D eigenvalue weighted by Gasteiger charge is 2.50. The maximum atomic E-state index is 12.8. The standard InChI is InChI=1S/C15H20IO5P/c1-3-19-22(18,20-4-2)13-10-12(21-15(13)17)14(16)11-8-6-5-7-9-11/h5-9,12-14H,3-4,10H2,1-2H3/t12-,13?,14+/m1/s1. The highest BCUT2D eigenvalue weighted by molar-refractivity contribution is 14.1. The lowest BCUT2D eigenvalue weighted by Gasteiger charge is -2.20. The van der Waals surface area contributed by atoms with Crippen LogP contribution in [0.4, 0.5) is 0 Å². The van der Waals surface area contributed by atoms with Crippen molar-refractivity contribution >= 4 is 36.2 Å². The minimum atomic E-state index is -3.47. The van der Waals surface area contributed by atoms with Gasteiger partial charge in [-0.15, -0.1) is 0 Å². The summed E-state index contributed by atoms with van der Waals surface area (Å²) in [5.74, 6) is -0.493. The molecule has 1 aliphatic rings. The third-order valence-electron chi connectivity index (χ3n) is 3.44. The summed E-state index contributed by atoms with van der Waals surface area (Å²) in [5, 5.41) is 0. The first-order valence-electron chi connectivity index (χ1n) is 7.30. The molecule has 1 fully saturated rings. The van der Waals surface area contributed by atoms with Crippen molar-refractivity contribution in [2.45, 2.75) is 36.0 Å². The minimum absolute atomic E-state index is 0.00412. The molecule has 1 heterocycles. The van der Waals surface area contributed by atoms with Gasteiger partial charge in [0.1, 0.15) is 6.10 Å². The van der Waals surface area contributed by atoms with E-state index in [2.05, 4.69) is 22.6 Å². The molecule has 1 aromatic rings. The van der Waals surface area contributed by atoms with Gasteiger partial charge >= 0.3 is 13.6 Å². The predicted octanol–water partition coefficient (Wildman–Crippen LogP) is 4.11. The SMILES string of the molecule is CCOP(=O)(OCC)C1C[C@H]([C@@H](I)c2ccccc2)OC1=O. The maximum Gasteiger partial charge on any atom is 0.345 e. The van der Waals surface area contributed by atoms with Crippen molar-refractivity contribution in [3.05, 3.63) is 35.9 Å². The molecule has 0 bridgehead atoms. The minimum Gasteiger partial charge on any atom is -0.460 e. The molecule has 0 N–H and O–H groups in total. The first-order chi connectivity index (χ1) is 10.5. The quantitative estimate of drug-likeness (QED) is 0.278. The molecule has 0 saturated carbocycles. The number of carbonyl (C=O) groups is 1. The van der Waals surface area contributed by atoms with Gasteiger partial charge in [0.05, 0.1) is 17.1 Å². The first kappa shape index (κ1) is 17.9. The van der Waals surface area contributed by atoms with E-state index in [1.54, 1.807) is 13.8 Å². The van der Waals surface area contributed by atoms with Crippen LogP contribution in [0.15, 0.2) is 30.3 Å². The van der Waals surface area contributed by atoms with Crippen molar-refractivity contribution < 1.29 is 23.1 Å². The van der Waals surface area contributed by atoms with Crippen LogP contribution in [0.1, 0.15) is 29.8 Å². The van der Waals surface area contributed by atoms with Crippen LogP contribution < -0.4 is 0 Å². The second-order valence-corrected chi connectivity index (χ2v) is 8.48. The van der Waals surface area contributed by atoms with Gasteiger partial charge in [-0.2, -0.15) is 0 Å². The van der Waals surface area contributed by atoms with E-state index >= 15 is 0 Å². The van der Waals surface area contributed by atoms with Crippen molar-refractivity contribution in [2.24, 2.45) is 0 Å². The lowest BCUT2D eigenvalue weighted by Crippen LogP contribution is -2.18. The van der Waals surface area contributed by atoms with Crippen LogP contribution in [-0.4, -0.2) is 30.9 Å². The zero-order valence-corrected chi connectivity index (χ0v) is 15.7. The Morgan fingerprint density at radius 1 is 1.27 bits per heavy atom. The number of esters is 1.